The summed E-state index contributed by atoms with van der Waals surface area (Å²) in [5.74, 6) is -0.436. The third-order valence-electron chi connectivity index (χ3n) is 7.19. The summed E-state index contributed by atoms with van der Waals surface area (Å²) >= 11 is 0. The summed E-state index contributed by atoms with van der Waals surface area (Å²) in [5, 5.41) is 5.97. The number of benzene rings is 2. The van der Waals surface area contributed by atoms with Crippen molar-refractivity contribution in [3.05, 3.63) is 76.5 Å². The molecule has 9 heteroatoms. The van der Waals surface area contributed by atoms with Gasteiger partial charge >= 0.3 is 18.0 Å². The van der Waals surface area contributed by atoms with Crippen LogP contribution in [0.1, 0.15) is 36.6 Å². The van der Waals surface area contributed by atoms with Crippen LogP contribution in [-0.2, 0) is 9.53 Å². The van der Waals surface area contributed by atoms with Crippen molar-refractivity contribution in [3.8, 4) is 0 Å². The highest BCUT2D eigenvalue weighted by Gasteiger charge is 2.39. The fourth-order valence-electron chi connectivity index (χ4n) is 5.11. The summed E-state index contributed by atoms with van der Waals surface area (Å²) in [6, 6.07) is 14.3. The van der Waals surface area contributed by atoms with Crippen molar-refractivity contribution in [2.75, 3.05) is 45.2 Å². The molecule has 38 heavy (non-hydrogen) atoms. The lowest BCUT2D eigenvalue weighted by atomic mass is 9.90. The molecule has 2 aliphatic heterocycles. The Morgan fingerprint density at radius 2 is 1.84 bits per heavy atom. The normalized spacial score (nSPS) is 20.3. The number of piperazine rings is 1. The number of anilines is 1. The molecule has 1 fully saturated rings. The fourth-order valence-corrected chi connectivity index (χ4v) is 5.11. The van der Waals surface area contributed by atoms with Gasteiger partial charge in [0, 0.05) is 50.7 Å². The first kappa shape index (κ1) is 27.2. The molecule has 2 atom stereocenters. The van der Waals surface area contributed by atoms with Gasteiger partial charge < -0.3 is 20.3 Å². The smallest absolute Gasteiger partial charge is 0.338 e. The number of para-hydroxylation sites is 1. The van der Waals surface area contributed by atoms with E-state index in [0.717, 1.165) is 22.4 Å². The summed E-state index contributed by atoms with van der Waals surface area (Å²) in [6.45, 7) is 10.1. The van der Waals surface area contributed by atoms with Crippen LogP contribution in [0.15, 0.2) is 59.8 Å². The van der Waals surface area contributed by atoms with E-state index in [9.17, 15) is 14.4 Å². The minimum atomic E-state index is -0.608. The quantitative estimate of drug-likeness (QED) is 0.562. The lowest BCUT2D eigenvalue weighted by Gasteiger charge is -2.42. The zero-order valence-electron chi connectivity index (χ0n) is 22.8. The predicted octanol–water partition coefficient (Wildman–Crippen LogP) is 4.05. The molecule has 1 saturated heterocycles. The van der Waals surface area contributed by atoms with Crippen LogP contribution in [0.3, 0.4) is 0 Å². The molecule has 2 aliphatic rings. The van der Waals surface area contributed by atoms with E-state index in [1.807, 2.05) is 74.2 Å². The average Bonchev–Trinajstić information content (AvgIpc) is 2.88. The van der Waals surface area contributed by atoms with E-state index >= 15 is 0 Å². The molecular weight excluding hydrogens is 482 g/mol. The second kappa shape index (κ2) is 11.7. The number of urea groups is 2. The van der Waals surface area contributed by atoms with Gasteiger partial charge in [-0.2, -0.15) is 0 Å². The lowest BCUT2D eigenvalue weighted by Crippen LogP contribution is -2.57. The number of nitrogens with zero attached hydrogens (tertiary/aromatic N) is 3. The highest BCUT2D eigenvalue weighted by molar-refractivity contribution is 5.95. The number of hydrogen-bond acceptors (Lipinski definition) is 5. The van der Waals surface area contributed by atoms with Gasteiger partial charge in [-0.25, -0.2) is 14.4 Å². The number of esters is 1. The van der Waals surface area contributed by atoms with E-state index in [-0.39, 0.29) is 24.7 Å². The van der Waals surface area contributed by atoms with Crippen LogP contribution in [0.5, 0.6) is 0 Å². The van der Waals surface area contributed by atoms with Crippen LogP contribution in [0.4, 0.5) is 15.3 Å². The van der Waals surface area contributed by atoms with E-state index in [1.165, 1.54) is 4.90 Å². The molecule has 4 amide bonds. The summed E-state index contributed by atoms with van der Waals surface area (Å²) in [6.07, 6.45) is 0. The van der Waals surface area contributed by atoms with Crippen LogP contribution >= 0.6 is 0 Å². The molecule has 0 saturated carbocycles. The topological polar surface area (TPSA) is 94.2 Å². The Morgan fingerprint density at radius 1 is 1.11 bits per heavy atom. The standard InChI is InChI=1S/C29H37N5O4/c1-6-38-27(35)25-24(32(5)28(36)31-26(25)23-16-19(2)12-13-20(23)3)18-33-14-15-34(21(4)17-33)29(37)30-22-10-8-7-9-11-22/h7-13,16,21,26H,6,14-15,17-18H2,1-5H3,(H,30,37)(H,31,36). The number of amides is 4. The largest absolute Gasteiger partial charge is 0.463 e. The molecule has 4 rings (SSSR count). The first-order valence-electron chi connectivity index (χ1n) is 13.1. The first-order chi connectivity index (χ1) is 18.2. The number of carbonyl (C=O) groups excluding carboxylic acids is 3. The van der Waals surface area contributed by atoms with Gasteiger partial charge in [0.15, 0.2) is 0 Å². The molecular formula is C29H37N5O4. The lowest BCUT2D eigenvalue weighted by molar-refractivity contribution is -0.139. The number of rotatable bonds is 6. The van der Waals surface area contributed by atoms with E-state index in [2.05, 4.69) is 15.5 Å². The maximum atomic E-state index is 13.3. The van der Waals surface area contributed by atoms with Crippen molar-refractivity contribution in [2.45, 2.75) is 39.8 Å². The Balaban J connectivity index is 1.59. The zero-order valence-corrected chi connectivity index (χ0v) is 22.8. The van der Waals surface area contributed by atoms with Crippen molar-refractivity contribution in [1.29, 1.82) is 0 Å². The molecule has 0 bridgehead atoms. The second-order valence-electron chi connectivity index (χ2n) is 9.96. The molecule has 2 N–H and O–H groups in total. The Bertz CT molecular complexity index is 1230. The van der Waals surface area contributed by atoms with Crippen LogP contribution in [-0.4, -0.2) is 78.6 Å². The Morgan fingerprint density at radius 3 is 2.53 bits per heavy atom. The van der Waals surface area contributed by atoms with Gasteiger partial charge in [-0.05, 0) is 51.0 Å². The van der Waals surface area contributed by atoms with Crippen molar-refractivity contribution in [1.82, 2.24) is 20.0 Å². The molecule has 2 unspecified atom stereocenters. The van der Waals surface area contributed by atoms with Crippen LogP contribution in [0.2, 0.25) is 0 Å². The number of hydrogen-bond donors (Lipinski definition) is 2. The third-order valence-corrected chi connectivity index (χ3v) is 7.19. The number of aryl methyl sites for hydroxylation is 2. The predicted molar refractivity (Wildman–Crippen MR) is 147 cm³/mol. The summed E-state index contributed by atoms with van der Waals surface area (Å²) in [4.78, 5) is 44.8. The van der Waals surface area contributed by atoms with Crippen molar-refractivity contribution < 1.29 is 19.1 Å². The average molecular weight is 520 g/mol. The molecule has 2 aromatic rings. The first-order valence-corrected chi connectivity index (χ1v) is 13.1. The zero-order chi connectivity index (χ0) is 27.4. The second-order valence-corrected chi connectivity index (χ2v) is 9.96. The van der Waals surface area contributed by atoms with Crippen LogP contribution < -0.4 is 10.6 Å². The fraction of sp³-hybridized carbons (Fsp3) is 0.414. The maximum Gasteiger partial charge on any atom is 0.338 e. The van der Waals surface area contributed by atoms with Gasteiger partial charge in [0.25, 0.3) is 0 Å². The number of nitrogens with one attached hydrogen (secondary N) is 2. The van der Waals surface area contributed by atoms with Gasteiger partial charge in [0.1, 0.15) is 0 Å². The molecule has 0 spiro atoms. The van der Waals surface area contributed by atoms with E-state index in [4.69, 9.17) is 4.74 Å². The number of carbonyl (C=O) groups is 3. The Kier molecular flexibility index (Phi) is 8.36. The van der Waals surface area contributed by atoms with E-state index in [1.54, 1.807) is 14.0 Å². The van der Waals surface area contributed by atoms with Gasteiger partial charge in [0.05, 0.1) is 18.2 Å². The molecule has 0 aromatic heterocycles. The Hall–Kier alpha value is -3.85. The third kappa shape index (κ3) is 5.83. The van der Waals surface area contributed by atoms with E-state index < -0.39 is 12.0 Å². The van der Waals surface area contributed by atoms with Gasteiger partial charge in [0.2, 0.25) is 0 Å². The highest BCUT2D eigenvalue weighted by atomic mass is 16.5. The summed E-state index contributed by atoms with van der Waals surface area (Å²) in [7, 11) is 1.68. The Labute approximate surface area is 224 Å². The minimum absolute atomic E-state index is 0.0587. The van der Waals surface area contributed by atoms with Crippen LogP contribution in [0, 0.1) is 13.8 Å². The molecule has 0 aliphatic carbocycles. The number of ether oxygens (including phenoxy) is 1. The van der Waals surface area contributed by atoms with Crippen LogP contribution in [0.25, 0.3) is 0 Å². The summed E-state index contributed by atoms with van der Waals surface area (Å²) < 4.78 is 5.48. The molecule has 202 valence electrons. The SMILES string of the molecule is CCOC(=O)C1=C(CN2CCN(C(=O)Nc3ccccc3)C(C)C2)N(C)C(=O)NC1c1cc(C)ccc1C. The highest BCUT2D eigenvalue weighted by Crippen LogP contribution is 2.33. The number of likely N-dealkylation sites (N-methyl/N-ethyl adjacent to an activating group) is 1. The minimum Gasteiger partial charge on any atom is -0.463 e. The van der Waals surface area contributed by atoms with E-state index in [0.29, 0.717) is 37.4 Å². The van der Waals surface area contributed by atoms with Gasteiger partial charge in [-0.15, -0.1) is 0 Å². The van der Waals surface area contributed by atoms with Crippen molar-refractivity contribution >= 4 is 23.7 Å². The maximum absolute atomic E-state index is 13.3. The molecule has 9 nitrogen and oxygen atoms in total. The molecule has 2 aromatic carbocycles. The monoisotopic (exact) mass is 519 g/mol. The van der Waals surface area contributed by atoms with Crippen molar-refractivity contribution in [3.63, 3.8) is 0 Å². The molecule has 0 radical (unpaired) electrons. The molecule has 2 heterocycles. The summed E-state index contributed by atoms with van der Waals surface area (Å²) in [5.41, 5.74) is 4.72. The van der Waals surface area contributed by atoms with Crippen molar-refractivity contribution in [2.24, 2.45) is 0 Å². The van der Waals surface area contributed by atoms with Gasteiger partial charge in [-0.1, -0.05) is 42.0 Å². The van der Waals surface area contributed by atoms with Gasteiger partial charge in [-0.3, -0.25) is 9.80 Å².